The SMILES string of the molecule is Clc1cccc(Cn2cnnc2-c2ccc3[nH]cnc3c2)c1Cl. The van der Waals surface area contributed by atoms with Crippen LogP contribution in [-0.4, -0.2) is 24.7 Å². The van der Waals surface area contributed by atoms with Crippen LogP contribution >= 0.6 is 23.2 Å². The van der Waals surface area contributed by atoms with Gasteiger partial charge in [0.15, 0.2) is 5.82 Å². The summed E-state index contributed by atoms with van der Waals surface area (Å²) in [6.07, 6.45) is 3.35. The second kappa shape index (κ2) is 5.68. The highest BCUT2D eigenvalue weighted by molar-refractivity contribution is 6.42. The molecule has 0 spiro atoms. The first-order valence-electron chi connectivity index (χ1n) is 6.96. The zero-order valence-corrected chi connectivity index (χ0v) is 13.4. The van der Waals surface area contributed by atoms with Crippen molar-refractivity contribution in [3.63, 3.8) is 0 Å². The predicted octanol–water partition coefficient (Wildman–Crippen LogP) is 4.18. The fourth-order valence-electron chi connectivity index (χ4n) is 2.52. The van der Waals surface area contributed by atoms with Gasteiger partial charge in [-0.15, -0.1) is 10.2 Å². The van der Waals surface area contributed by atoms with Crippen LogP contribution in [0, 0.1) is 0 Å². The van der Waals surface area contributed by atoms with Gasteiger partial charge in [0, 0.05) is 5.56 Å². The highest BCUT2D eigenvalue weighted by Gasteiger charge is 2.11. The van der Waals surface area contributed by atoms with Crippen molar-refractivity contribution in [2.75, 3.05) is 0 Å². The second-order valence-corrected chi connectivity index (χ2v) is 5.92. The largest absolute Gasteiger partial charge is 0.345 e. The number of halogens is 2. The Bertz CT molecular complexity index is 989. The van der Waals surface area contributed by atoms with Gasteiger partial charge in [-0.25, -0.2) is 4.98 Å². The molecule has 0 amide bonds. The average Bonchev–Trinajstić information content (AvgIpc) is 3.20. The van der Waals surface area contributed by atoms with Gasteiger partial charge in [-0.05, 0) is 29.8 Å². The summed E-state index contributed by atoms with van der Waals surface area (Å²) in [5.41, 5.74) is 3.73. The minimum atomic E-state index is 0.539. The third-order valence-corrected chi connectivity index (χ3v) is 4.53. The van der Waals surface area contributed by atoms with Crippen molar-refractivity contribution in [3.8, 4) is 11.4 Å². The molecule has 4 rings (SSSR count). The zero-order chi connectivity index (χ0) is 15.8. The van der Waals surface area contributed by atoms with E-state index in [4.69, 9.17) is 23.2 Å². The first-order chi connectivity index (χ1) is 11.2. The van der Waals surface area contributed by atoms with Crippen molar-refractivity contribution in [1.29, 1.82) is 0 Å². The number of H-pyrrole nitrogens is 1. The number of benzene rings is 2. The molecule has 0 unspecified atom stereocenters. The molecule has 0 saturated carbocycles. The standard InChI is InChI=1S/C16H11Cl2N5/c17-12-3-1-2-11(15(12)18)7-23-9-21-22-16(23)10-4-5-13-14(6-10)20-8-19-13/h1-6,8-9H,7H2,(H,19,20). The maximum atomic E-state index is 6.27. The third-order valence-electron chi connectivity index (χ3n) is 3.67. The van der Waals surface area contributed by atoms with Crippen molar-refractivity contribution in [1.82, 2.24) is 24.7 Å². The van der Waals surface area contributed by atoms with Crippen molar-refractivity contribution >= 4 is 34.2 Å². The normalized spacial score (nSPS) is 11.2. The van der Waals surface area contributed by atoms with Crippen molar-refractivity contribution in [3.05, 3.63) is 64.7 Å². The van der Waals surface area contributed by atoms with Crippen LogP contribution in [0.15, 0.2) is 49.1 Å². The Balaban J connectivity index is 1.74. The summed E-state index contributed by atoms with van der Waals surface area (Å²) in [5.74, 6) is 0.756. The molecule has 23 heavy (non-hydrogen) atoms. The molecule has 7 heteroatoms. The van der Waals surface area contributed by atoms with Gasteiger partial charge in [0.25, 0.3) is 0 Å². The van der Waals surface area contributed by atoms with Crippen LogP contribution in [0.1, 0.15) is 5.56 Å². The van der Waals surface area contributed by atoms with Crippen molar-refractivity contribution < 1.29 is 0 Å². The van der Waals surface area contributed by atoms with Crippen LogP contribution in [0.4, 0.5) is 0 Å². The summed E-state index contributed by atoms with van der Waals surface area (Å²) < 4.78 is 1.94. The molecule has 0 atom stereocenters. The fraction of sp³-hybridized carbons (Fsp3) is 0.0625. The molecule has 0 fully saturated rings. The Morgan fingerprint density at radius 2 is 2.04 bits per heavy atom. The molecule has 0 radical (unpaired) electrons. The Morgan fingerprint density at radius 1 is 1.13 bits per heavy atom. The van der Waals surface area contributed by atoms with Gasteiger partial charge >= 0.3 is 0 Å². The molecule has 0 aliphatic carbocycles. The van der Waals surface area contributed by atoms with E-state index in [0.717, 1.165) is 28.0 Å². The number of hydrogen-bond donors (Lipinski definition) is 1. The molecule has 2 aromatic carbocycles. The van der Waals surface area contributed by atoms with Gasteiger partial charge in [0.05, 0.1) is 34.0 Å². The van der Waals surface area contributed by atoms with E-state index in [2.05, 4.69) is 20.2 Å². The molecule has 0 aliphatic heterocycles. The van der Waals surface area contributed by atoms with Gasteiger partial charge in [-0.3, -0.25) is 0 Å². The van der Waals surface area contributed by atoms with E-state index in [1.807, 2.05) is 34.9 Å². The van der Waals surface area contributed by atoms with Crippen LogP contribution < -0.4 is 0 Å². The number of nitrogens with zero attached hydrogens (tertiary/aromatic N) is 4. The smallest absolute Gasteiger partial charge is 0.164 e. The first-order valence-corrected chi connectivity index (χ1v) is 7.72. The lowest BCUT2D eigenvalue weighted by Gasteiger charge is -2.09. The molecule has 2 heterocycles. The third kappa shape index (κ3) is 2.58. The van der Waals surface area contributed by atoms with Gasteiger partial charge in [-0.2, -0.15) is 0 Å². The van der Waals surface area contributed by atoms with Crippen LogP contribution in [0.2, 0.25) is 10.0 Å². The topological polar surface area (TPSA) is 59.4 Å². The second-order valence-electron chi connectivity index (χ2n) is 5.13. The molecule has 1 N–H and O–H groups in total. The van der Waals surface area contributed by atoms with E-state index in [0.29, 0.717) is 16.6 Å². The molecule has 0 saturated heterocycles. The Morgan fingerprint density at radius 3 is 2.96 bits per heavy atom. The van der Waals surface area contributed by atoms with E-state index in [9.17, 15) is 0 Å². The van der Waals surface area contributed by atoms with Gasteiger partial charge in [-0.1, -0.05) is 35.3 Å². The number of fused-ring (bicyclic) bond motifs is 1. The number of rotatable bonds is 3. The summed E-state index contributed by atoms with van der Waals surface area (Å²) >= 11 is 12.4. The summed E-state index contributed by atoms with van der Waals surface area (Å²) in [7, 11) is 0. The zero-order valence-electron chi connectivity index (χ0n) is 11.9. The van der Waals surface area contributed by atoms with Gasteiger partial charge in [0.1, 0.15) is 6.33 Å². The average molecular weight is 344 g/mol. The van der Waals surface area contributed by atoms with Crippen LogP contribution in [-0.2, 0) is 6.54 Å². The molecule has 5 nitrogen and oxygen atoms in total. The molecule has 0 bridgehead atoms. The van der Waals surface area contributed by atoms with E-state index in [1.165, 1.54) is 0 Å². The highest BCUT2D eigenvalue weighted by Crippen LogP contribution is 2.27. The molecule has 114 valence electrons. The summed E-state index contributed by atoms with van der Waals surface area (Å²) in [6.45, 7) is 0.542. The van der Waals surface area contributed by atoms with E-state index >= 15 is 0 Å². The Hall–Kier alpha value is -2.37. The maximum absolute atomic E-state index is 6.27. The minimum Gasteiger partial charge on any atom is -0.345 e. The van der Waals surface area contributed by atoms with E-state index in [1.54, 1.807) is 18.7 Å². The molecule has 4 aromatic rings. The van der Waals surface area contributed by atoms with Crippen LogP contribution in [0.5, 0.6) is 0 Å². The molecule has 0 aliphatic rings. The van der Waals surface area contributed by atoms with Crippen LogP contribution in [0.3, 0.4) is 0 Å². The summed E-state index contributed by atoms with van der Waals surface area (Å²) in [5, 5.41) is 9.34. The predicted molar refractivity (Wildman–Crippen MR) is 90.7 cm³/mol. The number of aromatic nitrogens is 5. The molecule has 2 aromatic heterocycles. The Kier molecular flexibility index (Phi) is 3.52. The maximum Gasteiger partial charge on any atom is 0.164 e. The minimum absolute atomic E-state index is 0.539. The van der Waals surface area contributed by atoms with Gasteiger partial charge < -0.3 is 9.55 Å². The lowest BCUT2D eigenvalue weighted by atomic mass is 10.1. The highest BCUT2D eigenvalue weighted by atomic mass is 35.5. The lowest BCUT2D eigenvalue weighted by molar-refractivity contribution is 0.803. The molecular weight excluding hydrogens is 333 g/mol. The number of aromatic amines is 1. The van der Waals surface area contributed by atoms with E-state index in [-0.39, 0.29) is 0 Å². The quantitative estimate of drug-likeness (QED) is 0.607. The summed E-state index contributed by atoms with van der Waals surface area (Å²) in [4.78, 5) is 7.35. The Labute approximate surface area is 141 Å². The lowest BCUT2D eigenvalue weighted by Crippen LogP contribution is -2.02. The molecular formula is C16H11Cl2N5. The van der Waals surface area contributed by atoms with Crippen molar-refractivity contribution in [2.45, 2.75) is 6.54 Å². The number of nitrogens with one attached hydrogen (secondary N) is 1. The van der Waals surface area contributed by atoms with Crippen molar-refractivity contribution in [2.24, 2.45) is 0 Å². The number of hydrogen-bond acceptors (Lipinski definition) is 3. The van der Waals surface area contributed by atoms with Crippen LogP contribution in [0.25, 0.3) is 22.4 Å². The first kappa shape index (κ1) is 14.2. The van der Waals surface area contributed by atoms with E-state index < -0.39 is 0 Å². The summed E-state index contributed by atoms with van der Waals surface area (Å²) in [6, 6.07) is 11.5. The van der Waals surface area contributed by atoms with Gasteiger partial charge in [0.2, 0.25) is 0 Å². The fourth-order valence-corrected chi connectivity index (χ4v) is 2.90. The monoisotopic (exact) mass is 343 g/mol. The number of imidazole rings is 1.